The van der Waals surface area contributed by atoms with Gasteiger partial charge in [-0.3, -0.25) is 11.3 Å². The predicted octanol–water partition coefficient (Wildman–Crippen LogP) is 4.15. The molecule has 0 unspecified atom stereocenters. The van der Waals surface area contributed by atoms with Gasteiger partial charge in [0.25, 0.3) is 0 Å². The van der Waals surface area contributed by atoms with Gasteiger partial charge in [0.1, 0.15) is 0 Å². The van der Waals surface area contributed by atoms with E-state index in [9.17, 15) is 9.90 Å². The lowest BCUT2D eigenvalue weighted by atomic mass is 9.76. The van der Waals surface area contributed by atoms with Crippen molar-refractivity contribution in [2.75, 3.05) is 0 Å². The fourth-order valence-electron chi connectivity index (χ4n) is 3.51. The molecule has 3 rings (SSSR count). The number of nitrogens with one attached hydrogen (secondary N) is 1. The molecule has 1 atom stereocenters. The lowest BCUT2D eigenvalue weighted by Gasteiger charge is -2.29. The molecule has 0 radical (unpaired) electrons. The Hall–Kier alpha value is -1.69. The maximum absolute atomic E-state index is 12.1. The van der Waals surface area contributed by atoms with Crippen molar-refractivity contribution in [2.45, 2.75) is 46.1 Å². The van der Waals surface area contributed by atoms with Crippen LogP contribution in [0.2, 0.25) is 0 Å². The van der Waals surface area contributed by atoms with Crippen molar-refractivity contribution in [2.24, 2.45) is 11.3 Å². The van der Waals surface area contributed by atoms with Crippen LogP contribution in [0, 0.1) is 5.41 Å². The summed E-state index contributed by atoms with van der Waals surface area (Å²) < 4.78 is 0. The van der Waals surface area contributed by atoms with Crippen molar-refractivity contribution >= 4 is 17.3 Å². The summed E-state index contributed by atoms with van der Waals surface area (Å²) in [5.41, 5.74) is 6.44. The number of aryl methyl sites for hydroxylation is 1. The Morgan fingerprint density at radius 1 is 1.38 bits per heavy atom. The van der Waals surface area contributed by atoms with E-state index in [-0.39, 0.29) is 11.5 Å². The summed E-state index contributed by atoms with van der Waals surface area (Å²) in [6, 6.07) is 7.88. The van der Waals surface area contributed by atoms with Gasteiger partial charge in [-0.2, -0.15) is 0 Å². The minimum atomic E-state index is -0.830. The van der Waals surface area contributed by atoms with Gasteiger partial charge in [-0.15, -0.1) is 11.3 Å². The zero-order valence-electron chi connectivity index (χ0n) is 14.3. The van der Waals surface area contributed by atoms with Gasteiger partial charge >= 0.3 is 5.97 Å². The van der Waals surface area contributed by atoms with Crippen molar-refractivity contribution in [1.29, 1.82) is 0 Å². The van der Waals surface area contributed by atoms with E-state index in [0.717, 1.165) is 40.8 Å². The van der Waals surface area contributed by atoms with Crippen LogP contribution in [0.1, 0.15) is 59.6 Å². The SMILES string of the molecule is C[C@@H](NN)c1ccccc1-c1sc2c(c1C(=O)O)CC(C)(C)CC2. The van der Waals surface area contributed by atoms with Crippen LogP contribution < -0.4 is 11.3 Å². The highest BCUT2D eigenvalue weighted by Gasteiger charge is 2.33. The summed E-state index contributed by atoms with van der Waals surface area (Å²) in [6.45, 7) is 6.41. The molecule has 0 saturated heterocycles. The van der Waals surface area contributed by atoms with E-state index >= 15 is 0 Å². The van der Waals surface area contributed by atoms with Crippen LogP contribution in [0.3, 0.4) is 0 Å². The third-order valence-electron chi connectivity index (χ3n) is 4.91. The molecule has 1 heterocycles. The number of rotatable bonds is 4. The van der Waals surface area contributed by atoms with Crippen LogP contribution in [0.15, 0.2) is 24.3 Å². The van der Waals surface area contributed by atoms with E-state index < -0.39 is 5.97 Å². The average molecular weight is 344 g/mol. The van der Waals surface area contributed by atoms with E-state index in [4.69, 9.17) is 5.84 Å². The van der Waals surface area contributed by atoms with Crippen LogP contribution in [0.4, 0.5) is 0 Å². The molecule has 24 heavy (non-hydrogen) atoms. The van der Waals surface area contributed by atoms with Gasteiger partial charge in [0.15, 0.2) is 0 Å². The number of carboxylic acid groups (broad SMARTS) is 1. The Labute approximate surface area is 146 Å². The zero-order chi connectivity index (χ0) is 17.5. The van der Waals surface area contributed by atoms with Crippen molar-refractivity contribution in [3.63, 3.8) is 0 Å². The van der Waals surface area contributed by atoms with Crippen LogP contribution in [-0.4, -0.2) is 11.1 Å². The number of carbonyl (C=O) groups is 1. The smallest absolute Gasteiger partial charge is 0.337 e. The first-order chi connectivity index (χ1) is 11.3. The van der Waals surface area contributed by atoms with Crippen LogP contribution in [0.25, 0.3) is 10.4 Å². The van der Waals surface area contributed by atoms with Gasteiger partial charge in [-0.1, -0.05) is 38.1 Å². The maximum atomic E-state index is 12.1. The minimum Gasteiger partial charge on any atom is -0.478 e. The van der Waals surface area contributed by atoms with Crippen LogP contribution in [-0.2, 0) is 12.8 Å². The fourth-order valence-corrected chi connectivity index (χ4v) is 4.86. The summed E-state index contributed by atoms with van der Waals surface area (Å²) in [7, 11) is 0. The normalized spacial score (nSPS) is 17.3. The largest absolute Gasteiger partial charge is 0.478 e. The maximum Gasteiger partial charge on any atom is 0.337 e. The Morgan fingerprint density at radius 3 is 2.75 bits per heavy atom. The van der Waals surface area contributed by atoms with Gasteiger partial charge in [-0.25, -0.2) is 4.79 Å². The molecule has 4 N–H and O–H groups in total. The minimum absolute atomic E-state index is 0.0431. The number of carboxylic acids is 1. The molecular formula is C19H24N2O2S. The summed E-state index contributed by atoms with van der Waals surface area (Å²) in [4.78, 5) is 14.1. The average Bonchev–Trinajstić information content (AvgIpc) is 2.91. The summed E-state index contributed by atoms with van der Waals surface area (Å²) in [6.07, 6.45) is 2.88. The predicted molar refractivity (Wildman–Crippen MR) is 98.3 cm³/mol. The van der Waals surface area contributed by atoms with Gasteiger partial charge < -0.3 is 5.11 Å². The molecule has 0 spiro atoms. The number of hydrazine groups is 1. The Bertz CT molecular complexity index is 780. The third-order valence-corrected chi connectivity index (χ3v) is 6.24. The molecule has 0 bridgehead atoms. The number of hydrogen-bond acceptors (Lipinski definition) is 4. The van der Waals surface area contributed by atoms with E-state index in [1.807, 2.05) is 31.2 Å². The lowest BCUT2D eigenvalue weighted by Crippen LogP contribution is -2.26. The topological polar surface area (TPSA) is 75.3 Å². The molecule has 5 heteroatoms. The van der Waals surface area contributed by atoms with Gasteiger partial charge in [-0.05, 0) is 48.3 Å². The first kappa shape index (κ1) is 17.1. The highest BCUT2D eigenvalue weighted by molar-refractivity contribution is 7.16. The first-order valence-corrected chi connectivity index (χ1v) is 9.09. The third kappa shape index (κ3) is 2.99. The number of nitrogens with two attached hydrogens (primary N) is 1. The number of fused-ring (bicyclic) bond motifs is 1. The molecule has 1 aromatic carbocycles. The van der Waals surface area contributed by atoms with Crippen LogP contribution >= 0.6 is 11.3 Å². The zero-order valence-corrected chi connectivity index (χ0v) is 15.2. The Kier molecular flexibility index (Phi) is 4.51. The van der Waals surface area contributed by atoms with Crippen molar-refractivity contribution in [3.8, 4) is 10.4 Å². The Morgan fingerprint density at radius 2 is 2.08 bits per heavy atom. The quantitative estimate of drug-likeness (QED) is 0.575. The van der Waals surface area contributed by atoms with Crippen LogP contribution in [0.5, 0.6) is 0 Å². The first-order valence-electron chi connectivity index (χ1n) is 8.27. The summed E-state index contributed by atoms with van der Waals surface area (Å²) in [5.74, 6) is 4.79. The van der Waals surface area contributed by atoms with E-state index in [1.165, 1.54) is 4.88 Å². The van der Waals surface area contributed by atoms with Crippen molar-refractivity contribution in [1.82, 2.24) is 5.43 Å². The Balaban J connectivity index is 2.21. The fraction of sp³-hybridized carbons (Fsp3) is 0.421. The van der Waals surface area contributed by atoms with Gasteiger partial charge in [0.2, 0.25) is 0 Å². The molecule has 1 aliphatic carbocycles. The summed E-state index contributed by atoms with van der Waals surface area (Å²) >= 11 is 1.64. The van der Waals surface area contributed by atoms with Gasteiger partial charge in [0, 0.05) is 15.8 Å². The number of hydrogen-bond donors (Lipinski definition) is 3. The molecule has 1 aromatic heterocycles. The van der Waals surface area contributed by atoms with Gasteiger partial charge in [0.05, 0.1) is 5.56 Å². The number of benzene rings is 1. The lowest BCUT2D eigenvalue weighted by molar-refractivity contribution is 0.0696. The van der Waals surface area contributed by atoms with Crippen molar-refractivity contribution < 1.29 is 9.90 Å². The molecule has 1 aliphatic rings. The van der Waals surface area contributed by atoms with E-state index in [0.29, 0.717) is 5.56 Å². The second-order valence-electron chi connectivity index (χ2n) is 7.33. The molecule has 2 aromatic rings. The highest BCUT2D eigenvalue weighted by atomic mass is 32.1. The molecule has 4 nitrogen and oxygen atoms in total. The number of thiophene rings is 1. The molecule has 128 valence electrons. The van der Waals surface area contributed by atoms with E-state index in [1.54, 1.807) is 11.3 Å². The highest BCUT2D eigenvalue weighted by Crippen LogP contribution is 2.46. The second kappa shape index (κ2) is 6.31. The second-order valence-corrected chi connectivity index (χ2v) is 8.43. The molecule has 0 fully saturated rings. The standard InChI is InChI=1S/C19H24N2O2S/c1-11(21-20)12-6-4-5-7-13(12)17-16(18(22)23)14-10-19(2,3)9-8-15(14)24-17/h4-7,11,21H,8-10,20H2,1-3H3,(H,22,23)/t11-/m1/s1. The molecule has 0 saturated carbocycles. The summed E-state index contributed by atoms with van der Waals surface area (Å²) in [5, 5.41) is 9.90. The van der Waals surface area contributed by atoms with Crippen molar-refractivity contribution in [3.05, 3.63) is 45.8 Å². The molecule has 0 aliphatic heterocycles. The monoisotopic (exact) mass is 344 g/mol. The van der Waals surface area contributed by atoms with E-state index in [2.05, 4.69) is 19.3 Å². The number of aromatic carboxylic acids is 1. The molecular weight excluding hydrogens is 320 g/mol. The molecule has 0 amide bonds.